The lowest BCUT2D eigenvalue weighted by atomic mass is 10.0. The molecule has 10 heteroatoms. The van der Waals surface area contributed by atoms with Gasteiger partial charge < -0.3 is 5.32 Å². The molecular weight excluding hydrogens is 587 g/mol. The summed E-state index contributed by atoms with van der Waals surface area (Å²) in [5.74, 6) is -0.479. The van der Waals surface area contributed by atoms with E-state index >= 15 is 0 Å². The number of likely N-dealkylation sites (tertiary alicyclic amines) is 1. The summed E-state index contributed by atoms with van der Waals surface area (Å²) in [6.45, 7) is 8.15. The maximum absolute atomic E-state index is 12.9. The average molecular weight is 612 g/mol. The van der Waals surface area contributed by atoms with Crippen molar-refractivity contribution in [1.82, 2.24) is 18.0 Å². The Balaban J connectivity index is 1.37. The number of halogens is 1. The molecule has 2 amide bonds. The zero-order chi connectivity index (χ0) is 25.4. The molecule has 3 aliphatic rings. The summed E-state index contributed by atoms with van der Waals surface area (Å²) >= 11 is 3.90. The minimum atomic E-state index is -0.214. The van der Waals surface area contributed by atoms with Crippen molar-refractivity contribution >= 4 is 61.9 Å². The van der Waals surface area contributed by atoms with Crippen LogP contribution in [-0.2, 0) is 16.1 Å². The first-order valence-electron chi connectivity index (χ1n) is 12.0. The van der Waals surface area contributed by atoms with E-state index in [0.29, 0.717) is 11.7 Å². The lowest BCUT2D eigenvalue weighted by Gasteiger charge is -2.20. The van der Waals surface area contributed by atoms with Crippen LogP contribution in [0.15, 0.2) is 24.4 Å². The van der Waals surface area contributed by atoms with Crippen molar-refractivity contribution in [2.75, 3.05) is 18.4 Å². The minimum Gasteiger partial charge on any atom is -0.379 e. The maximum Gasteiger partial charge on any atom is 0.234 e. The van der Waals surface area contributed by atoms with Crippen LogP contribution in [0.3, 0.4) is 0 Å². The molecule has 3 aromatic rings. The second kappa shape index (κ2) is 8.46. The van der Waals surface area contributed by atoms with Crippen molar-refractivity contribution in [1.29, 1.82) is 5.26 Å². The van der Waals surface area contributed by atoms with E-state index in [1.54, 1.807) is 17.5 Å². The molecule has 0 radical (unpaired) electrons. The molecule has 0 bridgehead atoms. The zero-order valence-electron chi connectivity index (χ0n) is 20.2. The third-order valence-electron chi connectivity index (χ3n) is 7.76. The Kier molecular flexibility index (Phi) is 5.59. The second-order valence-corrected chi connectivity index (χ2v) is 13.0. The van der Waals surface area contributed by atoms with Gasteiger partial charge in [0.15, 0.2) is 0 Å². The molecule has 1 aliphatic carbocycles. The topological polar surface area (TPSA) is 102 Å². The van der Waals surface area contributed by atoms with E-state index in [4.69, 9.17) is 0 Å². The Morgan fingerprint density at radius 3 is 2.67 bits per heavy atom. The smallest absolute Gasteiger partial charge is 0.234 e. The monoisotopic (exact) mass is 612 g/mol. The highest BCUT2D eigenvalue weighted by atomic mass is 127. The maximum atomic E-state index is 12.9. The summed E-state index contributed by atoms with van der Waals surface area (Å²) in [4.78, 5) is 37.1. The number of nitriles is 1. The van der Waals surface area contributed by atoms with Gasteiger partial charge in [-0.15, -0.1) is 11.3 Å². The molecule has 2 aliphatic heterocycles. The Morgan fingerprint density at radius 1 is 1.25 bits per heavy atom. The van der Waals surface area contributed by atoms with E-state index in [1.807, 2.05) is 39.0 Å². The number of carbonyl (C=O) groups excluding carboxylic acids is 2. The standard InChI is InChI=1S/C26H25IN6O2S/c1-13-22(31-14-5-7-32(27)11-14)18(8-15(10-28)30-13)17-4-6-29-19-9-16(36-23(17)19)12-33-24(34)20-21(25(33)35)26(20,2)3/h4,6,8-9,14,20-21,31H,5,7,11-12H2,1-3H3. The van der Waals surface area contributed by atoms with Gasteiger partial charge in [0.25, 0.3) is 0 Å². The van der Waals surface area contributed by atoms with Gasteiger partial charge in [-0.1, -0.05) is 13.8 Å². The van der Waals surface area contributed by atoms with Crippen LogP contribution in [0.1, 0.15) is 36.5 Å². The number of aromatic nitrogens is 2. The molecule has 3 unspecified atom stereocenters. The summed E-state index contributed by atoms with van der Waals surface area (Å²) < 4.78 is 3.24. The fourth-order valence-corrected chi connectivity index (χ4v) is 7.64. The number of hydrogen-bond donors (Lipinski definition) is 1. The van der Waals surface area contributed by atoms with E-state index in [9.17, 15) is 14.9 Å². The number of hydrogen-bond acceptors (Lipinski definition) is 8. The Bertz CT molecular complexity index is 1450. The van der Waals surface area contributed by atoms with Crippen molar-refractivity contribution < 1.29 is 9.59 Å². The first-order valence-corrected chi connectivity index (χ1v) is 13.8. The van der Waals surface area contributed by atoms with Crippen LogP contribution in [0.5, 0.6) is 0 Å². The van der Waals surface area contributed by atoms with Gasteiger partial charge in [0, 0.05) is 64.2 Å². The van der Waals surface area contributed by atoms with Gasteiger partial charge in [0.1, 0.15) is 11.8 Å². The van der Waals surface area contributed by atoms with Crippen LogP contribution >= 0.6 is 34.2 Å². The van der Waals surface area contributed by atoms with E-state index in [0.717, 1.165) is 57.1 Å². The quantitative estimate of drug-likeness (QED) is 0.257. The summed E-state index contributed by atoms with van der Waals surface area (Å²) in [5.41, 5.74) is 4.57. The zero-order valence-corrected chi connectivity index (χ0v) is 23.2. The summed E-state index contributed by atoms with van der Waals surface area (Å²) in [6, 6.07) is 8.26. The number of aryl methyl sites for hydroxylation is 1. The molecule has 36 heavy (non-hydrogen) atoms. The van der Waals surface area contributed by atoms with Crippen LogP contribution < -0.4 is 5.32 Å². The molecule has 6 rings (SSSR count). The van der Waals surface area contributed by atoms with Crippen molar-refractivity contribution in [3.05, 3.63) is 40.7 Å². The predicted molar refractivity (Wildman–Crippen MR) is 146 cm³/mol. The summed E-state index contributed by atoms with van der Waals surface area (Å²) in [6.07, 6.45) is 2.80. The number of nitrogens with one attached hydrogen (secondary N) is 1. The van der Waals surface area contributed by atoms with Crippen molar-refractivity contribution in [3.63, 3.8) is 0 Å². The highest BCUT2D eigenvalue weighted by Gasteiger charge is 2.72. The fraction of sp³-hybridized carbons (Fsp3) is 0.423. The van der Waals surface area contributed by atoms with Gasteiger partial charge in [-0.3, -0.25) is 19.5 Å². The van der Waals surface area contributed by atoms with Gasteiger partial charge in [0.2, 0.25) is 11.8 Å². The number of rotatable bonds is 5. The molecule has 3 atom stereocenters. The van der Waals surface area contributed by atoms with Crippen LogP contribution in [0.25, 0.3) is 21.3 Å². The largest absolute Gasteiger partial charge is 0.379 e. The number of imide groups is 1. The fourth-order valence-electron chi connectivity index (χ4n) is 5.76. The first-order chi connectivity index (χ1) is 17.2. The molecular formula is C26H25IN6O2S. The van der Waals surface area contributed by atoms with Crippen LogP contribution in [0.4, 0.5) is 5.69 Å². The highest BCUT2D eigenvalue weighted by molar-refractivity contribution is 14.1. The molecule has 184 valence electrons. The number of thiophene rings is 1. The molecule has 1 N–H and O–H groups in total. The lowest BCUT2D eigenvalue weighted by molar-refractivity contribution is -0.143. The SMILES string of the molecule is Cc1nc(C#N)cc(-c2ccnc3cc(CN4C(=O)C5C(C4=O)C5(C)C)sc23)c1NC1CCN(I)C1. The van der Waals surface area contributed by atoms with Gasteiger partial charge in [-0.2, -0.15) is 5.26 Å². The molecule has 2 saturated heterocycles. The van der Waals surface area contributed by atoms with Crippen LogP contribution in [0.2, 0.25) is 0 Å². The van der Waals surface area contributed by atoms with Crippen molar-refractivity contribution in [2.45, 2.75) is 39.8 Å². The molecule has 3 fully saturated rings. The Labute approximate surface area is 227 Å². The van der Waals surface area contributed by atoms with Gasteiger partial charge in [-0.25, -0.2) is 8.10 Å². The number of anilines is 1. The number of fused-ring (bicyclic) bond motifs is 2. The lowest BCUT2D eigenvalue weighted by Crippen LogP contribution is -2.35. The molecule has 0 aromatic carbocycles. The Hall–Kier alpha value is -2.62. The van der Waals surface area contributed by atoms with Crippen molar-refractivity contribution in [2.24, 2.45) is 17.3 Å². The Morgan fingerprint density at radius 2 is 2.00 bits per heavy atom. The molecule has 0 spiro atoms. The van der Waals surface area contributed by atoms with E-state index in [1.165, 1.54) is 4.90 Å². The summed E-state index contributed by atoms with van der Waals surface area (Å²) in [5, 5.41) is 13.3. The first kappa shape index (κ1) is 23.8. The van der Waals surface area contributed by atoms with Gasteiger partial charge in [-0.05, 0) is 37.0 Å². The number of amides is 2. The average Bonchev–Trinajstić information content (AvgIpc) is 3.20. The van der Waals surface area contributed by atoms with E-state index < -0.39 is 0 Å². The number of nitrogens with zero attached hydrogens (tertiary/aromatic N) is 5. The number of pyridine rings is 2. The number of carbonyl (C=O) groups is 2. The molecule has 8 nitrogen and oxygen atoms in total. The van der Waals surface area contributed by atoms with Crippen LogP contribution in [-0.4, -0.2) is 48.9 Å². The highest BCUT2D eigenvalue weighted by Crippen LogP contribution is 2.63. The third kappa shape index (κ3) is 3.71. The molecule has 3 aromatic heterocycles. The van der Waals surface area contributed by atoms with E-state index in [2.05, 4.69) is 47.3 Å². The minimum absolute atomic E-state index is 0.0589. The third-order valence-corrected chi connectivity index (χ3v) is 9.78. The number of piperidine rings is 1. The van der Waals surface area contributed by atoms with E-state index in [-0.39, 0.29) is 35.6 Å². The van der Waals surface area contributed by atoms with Gasteiger partial charge in [0.05, 0.1) is 40.0 Å². The molecule has 1 saturated carbocycles. The normalized spacial score (nSPS) is 24.9. The van der Waals surface area contributed by atoms with Crippen LogP contribution in [0, 0.1) is 35.5 Å². The summed E-state index contributed by atoms with van der Waals surface area (Å²) in [7, 11) is 0. The predicted octanol–water partition coefficient (Wildman–Crippen LogP) is 4.52. The van der Waals surface area contributed by atoms with Gasteiger partial charge >= 0.3 is 0 Å². The second-order valence-electron chi connectivity index (χ2n) is 10.5. The molecule has 5 heterocycles. The van der Waals surface area contributed by atoms with Crippen molar-refractivity contribution in [3.8, 4) is 17.2 Å².